The molecule has 0 aromatic heterocycles. The van der Waals surface area contributed by atoms with Gasteiger partial charge in [0.05, 0.1) is 6.04 Å². The molecular weight excluding hydrogens is 349 g/mol. The van der Waals surface area contributed by atoms with E-state index in [1.165, 1.54) is 21.5 Å². The van der Waals surface area contributed by atoms with Gasteiger partial charge >= 0.3 is 0 Å². The molecule has 2 aliphatic rings. The minimum atomic E-state index is -0.629. The molecule has 138 valence electrons. The zero-order valence-corrected chi connectivity index (χ0v) is 17.0. The van der Waals surface area contributed by atoms with Crippen molar-refractivity contribution in [2.45, 2.75) is 26.8 Å². The quantitative estimate of drug-likeness (QED) is 0.777. The van der Waals surface area contributed by atoms with Gasteiger partial charge in [-0.2, -0.15) is 0 Å². The second-order valence-corrected chi connectivity index (χ2v) is 10.2. The molecule has 0 bridgehead atoms. The Morgan fingerprint density at radius 3 is 2.04 bits per heavy atom. The fourth-order valence-electron chi connectivity index (χ4n) is 3.41. The first kappa shape index (κ1) is 18.1. The van der Waals surface area contributed by atoms with Crippen molar-refractivity contribution >= 4 is 18.5 Å². The molecule has 1 aliphatic heterocycles. The highest BCUT2D eigenvalue weighted by Gasteiger charge is 2.34. The van der Waals surface area contributed by atoms with Crippen LogP contribution in [0.5, 0.6) is 0 Å². The summed E-state index contributed by atoms with van der Waals surface area (Å²) >= 11 is 0. The van der Waals surface area contributed by atoms with Crippen LogP contribution in [0, 0.1) is 5.41 Å². The van der Waals surface area contributed by atoms with Gasteiger partial charge in [0.1, 0.15) is 6.61 Å². The molecule has 27 heavy (non-hydrogen) atoms. The van der Waals surface area contributed by atoms with Gasteiger partial charge in [0, 0.05) is 5.57 Å². The number of rotatable bonds is 3. The number of allylic oxidation sites excluding steroid dienone is 5. The molecule has 0 saturated carbocycles. The van der Waals surface area contributed by atoms with Crippen LogP contribution in [0.4, 0.5) is 0 Å². The summed E-state index contributed by atoms with van der Waals surface area (Å²) in [6.07, 6.45) is 6.59. The Hall–Kier alpha value is -2.31. The van der Waals surface area contributed by atoms with Crippen molar-refractivity contribution in [2.75, 3.05) is 6.61 Å². The molecule has 0 unspecified atom stereocenters. The highest BCUT2D eigenvalue weighted by molar-refractivity contribution is 7.77. The Morgan fingerprint density at radius 1 is 0.926 bits per heavy atom. The summed E-state index contributed by atoms with van der Waals surface area (Å²) in [5.41, 5.74) is 1.36. The molecule has 0 spiro atoms. The summed E-state index contributed by atoms with van der Waals surface area (Å²) < 4.78 is 6.11. The summed E-state index contributed by atoms with van der Waals surface area (Å²) in [6.45, 7) is 7.48. The molecule has 0 amide bonds. The first-order valence-electron chi connectivity index (χ1n) is 9.46. The Kier molecular flexibility index (Phi) is 4.93. The van der Waals surface area contributed by atoms with E-state index in [0.717, 1.165) is 12.5 Å². The lowest BCUT2D eigenvalue weighted by Crippen LogP contribution is -2.36. The van der Waals surface area contributed by atoms with Crippen molar-refractivity contribution < 1.29 is 4.74 Å². The van der Waals surface area contributed by atoms with Crippen LogP contribution in [0.15, 0.2) is 95.7 Å². The van der Waals surface area contributed by atoms with E-state index in [1.807, 2.05) is 0 Å². The summed E-state index contributed by atoms with van der Waals surface area (Å²) in [5, 5.41) is 7.70. The van der Waals surface area contributed by atoms with Gasteiger partial charge in [0.25, 0.3) is 0 Å². The van der Waals surface area contributed by atoms with Crippen LogP contribution >= 0.6 is 7.92 Å². The lowest BCUT2D eigenvalue weighted by molar-refractivity contribution is 0.214. The van der Waals surface area contributed by atoms with E-state index in [-0.39, 0.29) is 5.41 Å². The molecule has 2 aromatic rings. The van der Waals surface area contributed by atoms with E-state index in [0.29, 0.717) is 6.04 Å². The summed E-state index contributed by atoms with van der Waals surface area (Å²) in [7, 11) is -0.629. The largest absolute Gasteiger partial charge is 0.477 e. The SMILES string of the molecule is CC(C)(C)[C@@H]1CO/C(=C2/C=CC=C2P(c2ccccc2)c2ccccc2)N1. The standard InChI is InChI=1S/C24H26NOP/c1-24(2,3)22-17-26-23(25-22)20-15-10-16-21(20)27(18-11-6-4-7-12-18)19-13-8-5-9-14-19/h4-16,22,25H,17H2,1-3H3/b23-20-/t22-/m0/s1. The molecule has 1 heterocycles. The molecule has 1 saturated heterocycles. The van der Waals surface area contributed by atoms with Crippen LogP contribution in [-0.2, 0) is 4.74 Å². The first-order valence-corrected chi connectivity index (χ1v) is 10.8. The monoisotopic (exact) mass is 375 g/mol. The zero-order chi connectivity index (χ0) is 18.9. The van der Waals surface area contributed by atoms with Crippen LogP contribution < -0.4 is 15.9 Å². The van der Waals surface area contributed by atoms with Crippen LogP contribution in [0.25, 0.3) is 0 Å². The highest BCUT2D eigenvalue weighted by atomic mass is 31.1. The van der Waals surface area contributed by atoms with Crippen molar-refractivity contribution in [3.63, 3.8) is 0 Å². The molecule has 2 aromatic carbocycles. The van der Waals surface area contributed by atoms with Gasteiger partial charge in [-0.25, -0.2) is 0 Å². The highest BCUT2D eigenvalue weighted by Crippen LogP contribution is 2.49. The van der Waals surface area contributed by atoms with Gasteiger partial charge in [-0.15, -0.1) is 0 Å². The second kappa shape index (κ2) is 7.37. The van der Waals surface area contributed by atoms with Gasteiger partial charge in [-0.3, -0.25) is 0 Å². The molecule has 1 aliphatic carbocycles. The average Bonchev–Trinajstić information content (AvgIpc) is 3.33. The van der Waals surface area contributed by atoms with Crippen molar-refractivity contribution in [2.24, 2.45) is 5.41 Å². The van der Waals surface area contributed by atoms with E-state index in [1.54, 1.807) is 0 Å². The lowest BCUT2D eigenvalue weighted by Gasteiger charge is -2.25. The van der Waals surface area contributed by atoms with Gasteiger partial charge < -0.3 is 10.1 Å². The van der Waals surface area contributed by atoms with Crippen molar-refractivity contribution in [1.82, 2.24) is 5.32 Å². The van der Waals surface area contributed by atoms with E-state index in [2.05, 4.69) is 105 Å². The molecule has 0 radical (unpaired) electrons. The number of ether oxygens (including phenoxy) is 1. The third-order valence-electron chi connectivity index (χ3n) is 5.05. The third kappa shape index (κ3) is 3.73. The van der Waals surface area contributed by atoms with Crippen molar-refractivity contribution in [3.8, 4) is 0 Å². The Morgan fingerprint density at radius 2 is 1.52 bits per heavy atom. The van der Waals surface area contributed by atoms with Gasteiger partial charge in [-0.1, -0.05) is 93.6 Å². The van der Waals surface area contributed by atoms with Crippen molar-refractivity contribution in [1.29, 1.82) is 0 Å². The normalized spacial score (nSPS) is 21.9. The van der Waals surface area contributed by atoms with Crippen LogP contribution in [-0.4, -0.2) is 12.6 Å². The fraction of sp³-hybridized carbons (Fsp3) is 0.250. The van der Waals surface area contributed by atoms with Gasteiger partial charge in [-0.05, 0) is 35.3 Å². The maximum absolute atomic E-state index is 6.11. The number of nitrogens with one attached hydrogen (secondary N) is 1. The maximum atomic E-state index is 6.11. The fourth-order valence-corrected chi connectivity index (χ4v) is 5.86. The second-order valence-electron chi connectivity index (χ2n) is 8.03. The van der Waals surface area contributed by atoms with E-state index in [4.69, 9.17) is 4.74 Å². The van der Waals surface area contributed by atoms with Crippen molar-refractivity contribution in [3.05, 3.63) is 95.7 Å². The Labute approximate surface area is 163 Å². The van der Waals surface area contributed by atoms with Crippen LogP contribution in [0.1, 0.15) is 20.8 Å². The number of benzene rings is 2. The molecule has 4 rings (SSSR count). The molecule has 1 atom stereocenters. The van der Waals surface area contributed by atoms with E-state index < -0.39 is 7.92 Å². The summed E-state index contributed by atoms with van der Waals surface area (Å²) in [6, 6.07) is 22.0. The van der Waals surface area contributed by atoms with Gasteiger partial charge in [0.15, 0.2) is 5.88 Å². The van der Waals surface area contributed by atoms with Gasteiger partial charge in [0.2, 0.25) is 0 Å². The minimum Gasteiger partial charge on any atom is -0.477 e. The number of hydrogen-bond donors (Lipinski definition) is 1. The maximum Gasteiger partial charge on any atom is 0.195 e. The van der Waals surface area contributed by atoms with E-state index >= 15 is 0 Å². The Bertz CT molecular complexity index is 851. The van der Waals surface area contributed by atoms with Crippen LogP contribution in [0.2, 0.25) is 0 Å². The molecule has 1 fully saturated rings. The summed E-state index contributed by atoms with van der Waals surface area (Å²) in [4.78, 5) is 0. The minimum absolute atomic E-state index is 0.165. The molecule has 2 nitrogen and oxygen atoms in total. The average molecular weight is 375 g/mol. The topological polar surface area (TPSA) is 21.3 Å². The predicted molar refractivity (Wildman–Crippen MR) is 116 cm³/mol. The molecular formula is C24H26NOP. The zero-order valence-electron chi connectivity index (χ0n) is 16.1. The predicted octanol–water partition coefficient (Wildman–Crippen LogP) is 4.82. The lowest BCUT2D eigenvalue weighted by atomic mass is 9.88. The molecule has 1 N–H and O–H groups in total. The van der Waals surface area contributed by atoms with Crippen LogP contribution in [0.3, 0.4) is 0 Å². The van der Waals surface area contributed by atoms with E-state index in [9.17, 15) is 0 Å². The Balaban J connectivity index is 1.74. The molecule has 3 heteroatoms. The first-order chi connectivity index (χ1) is 13.0. The summed E-state index contributed by atoms with van der Waals surface area (Å²) in [5.74, 6) is 0.925. The smallest absolute Gasteiger partial charge is 0.195 e. The third-order valence-corrected chi connectivity index (χ3v) is 7.55. The number of hydrogen-bond acceptors (Lipinski definition) is 2.